The van der Waals surface area contributed by atoms with Crippen LogP contribution in [0.15, 0.2) is 47.8 Å². The highest BCUT2D eigenvalue weighted by atomic mass is 35.5. The fraction of sp³-hybridized carbons (Fsp3) is 0.176. The minimum Gasteiger partial charge on any atom is -0.336 e. The number of hydrogen-bond donors (Lipinski definition) is 2. The standard InChI is InChI=1S/C17H17ClN4OS/c1-12-11-15(16-7-4-10-24-16)21-22(12)9-8-19-17(23)20-14-6-3-2-5-13(14)18/h2-7,10-11H,8-9H2,1H3,(H2,19,20,23). The van der Waals surface area contributed by atoms with Gasteiger partial charge in [0.15, 0.2) is 0 Å². The van der Waals surface area contributed by atoms with Gasteiger partial charge >= 0.3 is 6.03 Å². The maximum absolute atomic E-state index is 11.9. The predicted molar refractivity (Wildman–Crippen MR) is 98.8 cm³/mol. The van der Waals surface area contributed by atoms with Crippen LogP contribution in [-0.4, -0.2) is 22.4 Å². The molecule has 3 aromatic rings. The number of halogens is 1. The smallest absolute Gasteiger partial charge is 0.319 e. The second-order valence-corrected chi connectivity index (χ2v) is 6.59. The van der Waals surface area contributed by atoms with Crippen molar-refractivity contribution >= 4 is 34.7 Å². The van der Waals surface area contributed by atoms with Gasteiger partial charge < -0.3 is 10.6 Å². The van der Waals surface area contributed by atoms with E-state index in [1.165, 1.54) is 0 Å². The lowest BCUT2D eigenvalue weighted by molar-refractivity contribution is 0.251. The maximum atomic E-state index is 11.9. The van der Waals surface area contributed by atoms with Crippen molar-refractivity contribution in [3.63, 3.8) is 0 Å². The first-order chi connectivity index (χ1) is 11.6. The van der Waals surface area contributed by atoms with Crippen molar-refractivity contribution in [2.24, 2.45) is 0 Å². The highest BCUT2D eigenvalue weighted by Crippen LogP contribution is 2.23. The summed E-state index contributed by atoms with van der Waals surface area (Å²) in [6, 6.07) is 12.9. The molecular formula is C17H17ClN4OS. The molecule has 3 rings (SSSR count). The van der Waals surface area contributed by atoms with Gasteiger partial charge in [0.1, 0.15) is 5.69 Å². The van der Waals surface area contributed by atoms with Gasteiger partial charge in [-0.3, -0.25) is 4.68 Å². The van der Waals surface area contributed by atoms with Crippen LogP contribution in [0.3, 0.4) is 0 Å². The Morgan fingerprint density at radius 2 is 2.12 bits per heavy atom. The highest BCUT2D eigenvalue weighted by Gasteiger charge is 2.08. The van der Waals surface area contributed by atoms with Crippen LogP contribution in [0, 0.1) is 6.92 Å². The third-order valence-corrected chi connectivity index (χ3v) is 4.71. The van der Waals surface area contributed by atoms with E-state index >= 15 is 0 Å². The first-order valence-electron chi connectivity index (χ1n) is 7.51. The summed E-state index contributed by atoms with van der Waals surface area (Å²) >= 11 is 7.68. The Bertz CT molecular complexity index is 829. The number of urea groups is 1. The van der Waals surface area contributed by atoms with E-state index in [1.807, 2.05) is 41.3 Å². The number of hydrogen-bond acceptors (Lipinski definition) is 3. The molecule has 0 aliphatic carbocycles. The van der Waals surface area contributed by atoms with Gasteiger partial charge in [-0.1, -0.05) is 29.8 Å². The molecule has 0 aliphatic rings. The monoisotopic (exact) mass is 360 g/mol. The van der Waals surface area contributed by atoms with Gasteiger partial charge in [-0.25, -0.2) is 4.79 Å². The molecule has 7 heteroatoms. The number of aryl methyl sites for hydroxylation is 1. The molecule has 0 radical (unpaired) electrons. The van der Waals surface area contributed by atoms with Crippen LogP contribution < -0.4 is 10.6 Å². The topological polar surface area (TPSA) is 59.0 Å². The van der Waals surface area contributed by atoms with Crippen LogP contribution in [-0.2, 0) is 6.54 Å². The van der Waals surface area contributed by atoms with E-state index in [0.717, 1.165) is 16.3 Å². The van der Waals surface area contributed by atoms with Gasteiger partial charge in [0.25, 0.3) is 0 Å². The summed E-state index contributed by atoms with van der Waals surface area (Å²) in [5.41, 5.74) is 2.61. The number of amides is 2. The lowest BCUT2D eigenvalue weighted by Crippen LogP contribution is -2.31. The Morgan fingerprint density at radius 3 is 2.88 bits per heavy atom. The largest absolute Gasteiger partial charge is 0.336 e. The molecule has 0 saturated heterocycles. The Hall–Kier alpha value is -2.31. The summed E-state index contributed by atoms with van der Waals surface area (Å²) in [6.45, 7) is 3.09. The molecule has 24 heavy (non-hydrogen) atoms. The third-order valence-electron chi connectivity index (χ3n) is 3.49. The van der Waals surface area contributed by atoms with E-state index in [9.17, 15) is 4.79 Å². The summed E-state index contributed by atoms with van der Waals surface area (Å²) in [4.78, 5) is 13.1. The van der Waals surface area contributed by atoms with Gasteiger partial charge in [0, 0.05) is 12.2 Å². The first-order valence-corrected chi connectivity index (χ1v) is 8.77. The lowest BCUT2D eigenvalue weighted by Gasteiger charge is -2.09. The molecule has 0 fully saturated rings. The Labute approximate surface area is 149 Å². The number of benzene rings is 1. The minimum atomic E-state index is -0.286. The van der Waals surface area contributed by atoms with E-state index in [0.29, 0.717) is 23.8 Å². The fourth-order valence-electron chi connectivity index (χ4n) is 2.29. The normalized spacial score (nSPS) is 10.6. The number of carbonyl (C=O) groups is 1. The number of nitrogens with one attached hydrogen (secondary N) is 2. The molecule has 2 heterocycles. The zero-order valence-electron chi connectivity index (χ0n) is 13.1. The number of para-hydroxylation sites is 1. The zero-order chi connectivity index (χ0) is 16.9. The third kappa shape index (κ3) is 3.96. The zero-order valence-corrected chi connectivity index (χ0v) is 14.7. The number of anilines is 1. The second-order valence-electron chi connectivity index (χ2n) is 5.23. The highest BCUT2D eigenvalue weighted by molar-refractivity contribution is 7.13. The first kappa shape index (κ1) is 16.5. The molecule has 1 aromatic carbocycles. The summed E-state index contributed by atoms with van der Waals surface area (Å²) in [7, 11) is 0. The Balaban J connectivity index is 1.53. The minimum absolute atomic E-state index is 0.286. The predicted octanol–water partition coefficient (Wildman–Crippen LogP) is 4.40. The second kappa shape index (κ2) is 7.51. The molecule has 0 aliphatic heterocycles. The lowest BCUT2D eigenvalue weighted by atomic mass is 10.3. The number of thiophene rings is 1. The molecule has 0 unspecified atom stereocenters. The van der Waals surface area contributed by atoms with Crippen LogP contribution in [0.2, 0.25) is 5.02 Å². The van der Waals surface area contributed by atoms with Crippen LogP contribution in [0.25, 0.3) is 10.6 Å². The summed E-state index contributed by atoms with van der Waals surface area (Å²) in [5.74, 6) is 0. The van der Waals surface area contributed by atoms with Crippen molar-refractivity contribution in [1.29, 1.82) is 0 Å². The Morgan fingerprint density at radius 1 is 1.29 bits per heavy atom. The Kier molecular flexibility index (Phi) is 5.17. The van der Waals surface area contributed by atoms with Gasteiger partial charge in [0.05, 0.1) is 22.1 Å². The molecule has 2 amide bonds. The average Bonchev–Trinajstić information content (AvgIpc) is 3.20. The van der Waals surface area contributed by atoms with E-state index in [-0.39, 0.29) is 6.03 Å². The van der Waals surface area contributed by atoms with Crippen LogP contribution in [0.5, 0.6) is 0 Å². The maximum Gasteiger partial charge on any atom is 0.319 e. The average molecular weight is 361 g/mol. The van der Waals surface area contributed by atoms with E-state index in [4.69, 9.17) is 11.6 Å². The molecule has 2 aromatic heterocycles. The molecule has 0 atom stereocenters. The van der Waals surface area contributed by atoms with E-state index < -0.39 is 0 Å². The van der Waals surface area contributed by atoms with Gasteiger partial charge in [-0.2, -0.15) is 5.10 Å². The summed E-state index contributed by atoms with van der Waals surface area (Å²) in [6.07, 6.45) is 0. The van der Waals surface area contributed by atoms with Crippen molar-refractivity contribution < 1.29 is 4.79 Å². The molecule has 0 saturated carbocycles. The molecule has 124 valence electrons. The van der Waals surface area contributed by atoms with Gasteiger partial charge in [-0.15, -0.1) is 11.3 Å². The van der Waals surface area contributed by atoms with E-state index in [1.54, 1.807) is 23.5 Å². The SMILES string of the molecule is Cc1cc(-c2cccs2)nn1CCNC(=O)Nc1ccccc1Cl. The van der Waals surface area contributed by atoms with Crippen molar-refractivity contribution in [3.05, 3.63) is 58.6 Å². The van der Waals surface area contributed by atoms with Crippen molar-refractivity contribution in [3.8, 4) is 10.6 Å². The number of aromatic nitrogens is 2. The van der Waals surface area contributed by atoms with Crippen molar-refractivity contribution in [1.82, 2.24) is 15.1 Å². The number of carbonyl (C=O) groups excluding carboxylic acids is 1. The summed E-state index contributed by atoms with van der Waals surface area (Å²) in [5, 5.41) is 12.7. The van der Waals surface area contributed by atoms with Crippen molar-refractivity contribution in [2.75, 3.05) is 11.9 Å². The van der Waals surface area contributed by atoms with Crippen LogP contribution >= 0.6 is 22.9 Å². The molecule has 2 N–H and O–H groups in total. The van der Waals surface area contributed by atoms with Crippen LogP contribution in [0.4, 0.5) is 10.5 Å². The molecule has 0 bridgehead atoms. The van der Waals surface area contributed by atoms with Gasteiger partial charge in [-0.05, 0) is 36.6 Å². The summed E-state index contributed by atoms with van der Waals surface area (Å²) < 4.78 is 1.89. The molecular weight excluding hydrogens is 344 g/mol. The fourth-order valence-corrected chi connectivity index (χ4v) is 3.15. The quantitative estimate of drug-likeness (QED) is 0.708. The van der Waals surface area contributed by atoms with Gasteiger partial charge in [0.2, 0.25) is 0 Å². The van der Waals surface area contributed by atoms with Crippen molar-refractivity contribution in [2.45, 2.75) is 13.5 Å². The number of rotatable bonds is 5. The molecule has 0 spiro atoms. The molecule has 5 nitrogen and oxygen atoms in total. The number of nitrogens with zero attached hydrogens (tertiary/aromatic N) is 2. The van der Waals surface area contributed by atoms with E-state index in [2.05, 4.69) is 21.8 Å². The van der Waals surface area contributed by atoms with Crippen LogP contribution in [0.1, 0.15) is 5.69 Å².